The largest absolute Gasteiger partial charge is 0.378 e. The van der Waals surface area contributed by atoms with Gasteiger partial charge >= 0.3 is 0 Å². The zero-order chi connectivity index (χ0) is 12.8. The summed E-state index contributed by atoms with van der Waals surface area (Å²) in [6, 6.07) is 3.48. The summed E-state index contributed by atoms with van der Waals surface area (Å²) in [6.45, 7) is 6.28. The number of fused-ring (bicyclic) bond motifs is 1. The SMILES string of the molecule is CC(C)(C)Sc1cc2c(cc1Cl)C(O)C(=O)N2. The van der Waals surface area contributed by atoms with Crippen LogP contribution in [0.2, 0.25) is 5.02 Å². The standard InChI is InChI=1S/C12H14ClNO2S/c1-12(2,3)17-9-5-8-6(4-7(9)13)10(15)11(16)14-8/h4-5,10,15H,1-3H3,(H,14,16). The highest BCUT2D eigenvalue weighted by atomic mass is 35.5. The van der Waals surface area contributed by atoms with Gasteiger partial charge in [-0.2, -0.15) is 0 Å². The highest BCUT2D eigenvalue weighted by Crippen LogP contribution is 2.42. The number of rotatable bonds is 1. The predicted octanol–water partition coefficient (Wildman–Crippen LogP) is 3.22. The summed E-state index contributed by atoms with van der Waals surface area (Å²) in [5.74, 6) is -0.394. The number of hydrogen-bond donors (Lipinski definition) is 2. The van der Waals surface area contributed by atoms with Crippen LogP contribution in [0.1, 0.15) is 32.4 Å². The van der Waals surface area contributed by atoms with Gasteiger partial charge in [-0.15, -0.1) is 11.8 Å². The van der Waals surface area contributed by atoms with Gasteiger partial charge in [-0.1, -0.05) is 32.4 Å². The topological polar surface area (TPSA) is 49.3 Å². The van der Waals surface area contributed by atoms with Gasteiger partial charge < -0.3 is 10.4 Å². The molecule has 2 rings (SSSR count). The van der Waals surface area contributed by atoms with Crippen LogP contribution in [-0.4, -0.2) is 15.8 Å². The Morgan fingerprint density at radius 1 is 1.41 bits per heavy atom. The van der Waals surface area contributed by atoms with E-state index in [0.29, 0.717) is 16.3 Å². The van der Waals surface area contributed by atoms with Gasteiger partial charge in [0, 0.05) is 20.9 Å². The second-order valence-corrected chi connectivity index (χ2v) is 7.25. The van der Waals surface area contributed by atoms with E-state index in [1.54, 1.807) is 17.8 Å². The minimum atomic E-state index is -1.10. The number of thioether (sulfide) groups is 1. The molecule has 0 aliphatic carbocycles. The van der Waals surface area contributed by atoms with E-state index in [-0.39, 0.29) is 4.75 Å². The van der Waals surface area contributed by atoms with Crippen molar-refractivity contribution in [2.45, 2.75) is 36.5 Å². The van der Waals surface area contributed by atoms with Gasteiger partial charge in [0.05, 0.1) is 5.02 Å². The first-order valence-electron chi connectivity index (χ1n) is 5.29. The van der Waals surface area contributed by atoms with Crippen LogP contribution >= 0.6 is 23.4 Å². The molecule has 3 nitrogen and oxygen atoms in total. The molecule has 0 spiro atoms. The van der Waals surface area contributed by atoms with Crippen molar-refractivity contribution in [1.82, 2.24) is 0 Å². The smallest absolute Gasteiger partial charge is 0.257 e. The molecule has 1 unspecified atom stereocenters. The fraction of sp³-hybridized carbons (Fsp3) is 0.417. The number of nitrogens with one attached hydrogen (secondary N) is 1. The monoisotopic (exact) mass is 271 g/mol. The second-order valence-electron chi connectivity index (χ2n) is 4.98. The van der Waals surface area contributed by atoms with Crippen molar-refractivity contribution in [3.63, 3.8) is 0 Å². The molecule has 5 heteroatoms. The molecule has 1 aromatic rings. The van der Waals surface area contributed by atoms with E-state index in [9.17, 15) is 9.90 Å². The first-order chi connectivity index (χ1) is 7.78. The summed E-state index contributed by atoms with van der Waals surface area (Å²) < 4.78 is 0.0408. The van der Waals surface area contributed by atoms with Gasteiger partial charge in [-0.25, -0.2) is 0 Å². The van der Waals surface area contributed by atoms with Crippen molar-refractivity contribution >= 4 is 35.0 Å². The molecule has 0 fully saturated rings. The second kappa shape index (κ2) is 4.19. The Labute approximate surface area is 110 Å². The Hall–Kier alpha value is -0.710. The van der Waals surface area contributed by atoms with Crippen molar-refractivity contribution in [2.75, 3.05) is 5.32 Å². The maximum absolute atomic E-state index is 11.3. The lowest BCUT2D eigenvalue weighted by Gasteiger charge is -2.19. The zero-order valence-corrected chi connectivity index (χ0v) is 11.4. The third-order valence-corrected chi connectivity index (χ3v) is 3.92. The van der Waals surface area contributed by atoms with Crippen LogP contribution in [-0.2, 0) is 4.79 Å². The molecule has 1 aromatic carbocycles. The molecule has 0 saturated heterocycles. The molecule has 0 radical (unpaired) electrons. The van der Waals surface area contributed by atoms with Gasteiger partial charge in [-0.05, 0) is 12.1 Å². The minimum absolute atomic E-state index is 0.0408. The lowest BCUT2D eigenvalue weighted by Crippen LogP contribution is -2.10. The summed E-state index contributed by atoms with van der Waals surface area (Å²) in [5, 5.41) is 12.8. The highest BCUT2D eigenvalue weighted by Gasteiger charge is 2.30. The van der Waals surface area contributed by atoms with Crippen molar-refractivity contribution in [3.05, 3.63) is 22.7 Å². The fourth-order valence-electron chi connectivity index (χ4n) is 1.65. The maximum atomic E-state index is 11.3. The Balaban J connectivity index is 2.40. The molecule has 1 atom stereocenters. The van der Waals surface area contributed by atoms with Crippen molar-refractivity contribution < 1.29 is 9.90 Å². The quantitative estimate of drug-likeness (QED) is 0.771. The number of benzene rings is 1. The molecule has 0 bridgehead atoms. The lowest BCUT2D eigenvalue weighted by molar-refractivity contribution is -0.123. The van der Waals surface area contributed by atoms with Crippen LogP contribution in [0, 0.1) is 0 Å². The predicted molar refractivity (Wildman–Crippen MR) is 70.7 cm³/mol. The first kappa shape index (κ1) is 12.7. The van der Waals surface area contributed by atoms with Gasteiger partial charge in [-0.3, -0.25) is 4.79 Å². The van der Waals surface area contributed by atoms with Gasteiger partial charge in [0.1, 0.15) is 0 Å². The molecule has 2 N–H and O–H groups in total. The van der Waals surface area contributed by atoms with E-state index < -0.39 is 12.0 Å². The molecular formula is C12H14ClNO2S. The summed E-state index contributed by atoms with van der Waals surface area (Å²) in [6.07, 6.45) is -1.10. The van der Waals surface area contributed by atoms with E-state index in [4.69, 9.17) is 11.6 Å². The Bertz CT molecular complexity index is 482. The molecule has 92 valence electrons. The van der Waals surface area contributed by atoms with Crippen LogP contribution in [0.15, 0.2) is 17.0 Å². The van der Waals surface area contributed by atoms with Crippen LogP contribution in [0.4, 0.5) is 5.69 Å². The zero-order valence-electron chi connectivity index (χ0n) is 9.87. The van der Waals surface area contributed by atoms with E-state index in [0.717, 1.165) is 4.90 Å². The van der Waals surface area contributed by atoms with Crippen LogP contribution < -0.4 is 5.32 Å². The first-order valence-corrected chi connectivity index (χ1v) is 6.49. The molecule has 1 heterocycles. The molecule has 0 saturated carbocycles. The third-order valence-electron chi connectivity index (χ3n) is 2.32. The molecule has 1 amide bonds. The highest BCUT2D eigenvalue weighted by molar-refractivity contribution is 8.00. The lowest BCUT2D eigenvalue weighted by atomic mass is 10.1. The molecule has 0 aromatic heterocycles. The van der Waals surface area contributed by atoms with Gasteiger partial charge in [0.15, 0.2) is 6.10 Å². The number of carbonyl (C=O) groups excluding carboxylic acids is 1. The average molecular weight is 272 g/mol. The van der Waals surface area contributed by atoms with Gasteiger partial charge in [0.2, 0.25) is 0 Å². The molecule has 1 aliphatic heterocycles. The summed E-state index contributed by atoms with van der Waals surface area (Å²) >= 11 is 7.79. The van der Waals surface area contributed by atoms with E-state index in [1.807, 2.05) is 6.07 Å². The van der Waals surface area contributed by atoms with E-state index in [1.165, 1.54) is 0 Å². The van der Waals surface area contributed by atoms with E-state index >= 15 is 0 Å². The normalized spacial score (nSPS) is 19.1. The van der Waals surface area contributed by atoms with Crippen molar-refractivity contribution in [1.29, 1.82) is 0 Å². The number of halogens is 1. The van der Waals surface area contributed by atoms with Crippen molar-refractivity contribution in [3.8, 4) is 0 Å². The van der Waals surface area contributed by atoms with Crippen molar-refractivity contribution in [2.24, 2.45) is 0 Å². The summed E-state index contributed by atoms with van der Waals surface area (Å²) in [5.41, 5.74) is 1.21. The summed E-state index contributed by atoms with van der Waals surface area (Å²) in [4.78, 5) is 12.2. The number of amides is 1. The number of hydrogen-bond acceptors (Lipinski definition) is 3. The van der Waals surface area contributed by atoms with Gasteiger partial charge in [0.25, 0.3) is 5.91 Å². The fourth-order valence-corrected chi connectivity index (χ4v) is 2.93. The molecule has 1 aliphatic rings. The summed E-state index contributed by atoms with van der Waals surface area (Å²) in [7, 11) is 0. The van der Waals surface area contributed by atoms with Crippen LogP contribution in [0.5, 0.6) is 0 Å². The van der Waals surface area contributed by atoms with E-state index in [2.05, 4.69) is 26.1 Å². The van der Waals surface area contributed by atoms with Crippen LogP contribution in [0.25, 0.3) is 0 Å². The minimum Gasteiger partial charge on any atom is -0.378 e. The third kappa shape index (κ3) is 2.59. The molecule has 17 heavy (non-hydrogen) atoms. The number of aliphatic hydroxyl groups excluding tert-OH is 1. The number of carbonyl (C=O) groups is 1. The number of aliphatic hydroxyl groups is 1. The van der Waals surface area contributed by atoms with Crippen LogP contribution in [0.3, 0.4) is 0 Å². The number of anilines is 1. The Morgan fingerprint density at radius 2 is 2.06 bits per heavy atom. The average Bonchev–Trinajstić information content (AvgIpc) is 2.43. The Morgan fingerprint density at radius 3 is 2.65 bits per heavy atom. The Kier molecular flexibility index (Phi) is 3.14. The molecular weight excluding hydrogens is 258 g/mol. The maximum Gasteiger partial charge on any atom is 0.257 e.